The van der Waals surface area contributed by atoms with E-state index < -0.39 is 17.5 Å². The molecule has 9 heteroatoms. The van der Waals surface area contributed by atoms with E-state index in [1.165, 1.54) is 10.6 Å². The predicted octanol–water partition coefficient (Wildman–Crippen LogP) is 3.92. The average Bonchev–Trinajstić information content (AvgIpc) is 3.16. The van der Waals surface area contributed by atoms with Gasteiger partial charge in [-0.25, -0.2) is 0 Å². The third-order valence-electron chi connectivity index (χ3n) is 6.03. The number of rotatable bonds is 3. The van der Waals surface area contributed by atoms with E-state index in [2.05, 4.69) is 0 Å². The van der Waals surface area contributed by atoms with E-state index >= 15 is 0 Å². The number of aromatic nitrogens is 1. The fourth-order valence-electron chi connectivity index (χ4n) is 4.57. The molecule has 180 valence electrons. The topological polar surface area (TPSA) is 54.8 Å². The van der Waals surface area contributed by atoms with Gasteiger partial charge in [0.15, 0.2) is 0 Å². The van der Waals surface area contributed by atoms with Gasteiger partial charge < -0.3 is 19.1 Å². The molecule has 33 heavy (non-hydrogen) atoms. The van der Waals surface area contributed by atoms with Gasteiger partial charge in [-0.15, -0.1) is 0 Å². The Hall–Kier alpha value is -2.81. The number of ketones is 1. The lowest BCUT2D eigenvalue weighted by atomic mass is 10.0. The molecule has 6 nitrogen and oxygen atoms in total. The summed E-state index contributed by atoms with van der Waals surface area (Å²) in [5.74, 6) is -1.32. The van der Waals surface area contributed by atoms with Crippen LogP contribution >= 0.6 is 0 Å². The van der Waals surface area contributed by atoms with Crippen LogP contribution in [0.2, 0.25) is 0 Å². The van der Waals surface area contributed by atoms with E-state index in [0.717, 1.165) is 5.56 Å². The molecule has 2 heterocycles. The van der Waals surface area contributed by atoms with E-state index in [-0.39, 0.29) is 11.6 Å². The van der Waals surface area contributed by atoms with Crippen LogP contribution < -0.4 is 4.74 Å². The molecular weight excluding hydrogens is 435 g/mol. The van der Waals surface area contributed by atoms with Gasteiger partial charge in [0.05, 0.1) is 18.3 Å². The zero-order valence-corrected chi connectivity index (χ0v) is 19.6. The summed E-state index contributed by atoms with van der Waals surface area (Å²) in [7, 11) is 3.43. The molecule has 1 aromatic carbocycles. The van der Waals surface area contributed by atoms with Crippen molar-refractivity contribution in [1.29, 1.82) is 0 Å². The lowest BCUT2D eigenvalue weighted by Crippen LogP contribution is -2.47. The van der Waals surface area contributed by atoms with Crippen molar-refractivity contribution >= 4 is 11.7 Å². The van der Waals surface area contributed by atoms with Gasteiger partial charge in [0.2, 0.25) is 0 Å². The Bertz CT molecular complexity index is 1040. The highest BCUT2D eigenvalue weighted by Crippen LogP contribution is 2.30. The molecule has 0 bridgehead atoms. The van der Waals surface area contributed by atoms with E-state index in [0.29, 0.717) is 49.6 Å². The molecule has 1 aliphatic rings. The van der Waals surface area contributed by atoms with Crippen LogP contribution in [-0.4, -0.2) is 72.6 Å². The zero-order valence-electron chi connectivity index (χ0n) is 19.6. The van der Waals surface area contributed by atoms with E-state index in [1.54, 1.807) is 36.3 Å². The number of amides is 1. The Morgan fingerprint density at radius 3 is 2.36 bits per heavy atom. The van der Waals surface area contributed by atoms with Crippen LogP contribution in [-0.2, 0) is 12.0 Å². The molecule has 0 saturated carbocycles. The van der Waals surface area contributed by atoms with Crippen molar-refractivity contribution in [1.82, 2.24) is 14.4 Å². The molecule has 0 aliphatic carbocycles. The smallest absolute Gasteiger partial charge is 0.456 e. The summed E-state index contributed by atoms with van der Waals surface area (Å²) in [4.78, 5) is 29.1. The summed E-state index contributed by atoms with van der Waals surface area (Å²) in [6, 6.07) is 8.03. The van der Waals surface area contributed by atoms with Crippen molar-refractivity contribution < 1.29 is 27.5 Å². The molecule has 2 aromatic rings. The monoisotopic (exact) mass is 465 g/mol. The van der Waals surface area contributed by atoms with E-state index in [1.807, 2.05) is 32.7 Å². The summed E-state index contributed by atoms with van der Waals surface area (Å²) in [5.41, 5.74) is 0.833. The van der Waals surface area contributed by atoms with Crippen molar-refractivity contribution in [3.8, 4) is 5.75 Å². The molecule has 0 unspecified atom stereocenters. The lowest BCUT2D eigenvalue weighted by molar-refractivity contribution is -0.0892. The normalized spacial score (nSPS) is 17.4. The largest absolute Gasteiger partial charge is 0.496 e. The maximum Gasteiger partial charge on any atom is 0.456 e. The number of ether oxygens (including phenoxy) is 1. The highest BCUT2D eigenvalue weighted by Gasteiger charge is 2.43. The number of hydrogen-bond acceptors (Lipinski definition) is 4. The Kier molecular flexibility index (Phi) is 6.93. The molecule has 1 aromatic heterocycles. The average molecular weight is 466 g/mol. The number of hydrogen-bond donors (Lipinski definition) is 0. The Morgan fingerprint density at radius 2 is 1.76 bits per heavy atom. The first-order chi connectivity index (χ1) is 15.3. The Balaban J connectivity index is 1.96. The van der Waals surface area contributed by atoms with Crippen molar-refractivity contribution in [3.05, 3.63) is 52.8 Å². The van der Waals surface area contributed by atoms with Gasteiger partial charge in [-0.05, 0) is 63.7 Å². The number of methoxy groups -OCH3 is 1. The van der Waals surface area contributed by atoms with Gasteiger partial charge in [0.25, 0.3) is 11.7 Å². The quantitative estimate of drug-likeness (QED) is 0.645. The van der Waals surface area contributed by atoms with Crippen LogP contribution in [0.5, 0.6) is 5.75 Å². The maximum atomic E-state index is 13.3. The number of benzene rings is 1. The van der Waals surface area contributed by atoms with Crippen LogP contribution in [0.4, 0.5) is 13.2 Å². The summed E-state index contributed by atoms with van der Waals surface area (Å²) in [6.45, 7) is 7.26. The van der Waals surface area contributed by atoms with Gasteiger partial charge in [0, 0.05) is 43.9 Å². The van der Waals surface area contributed by atoms with E-state index in [9.17, 15) is 22.8 Å². The summed E-state index contributed by atoms with van der Waals surface area (Å²) < 4.78 is 46.5. The van der Waals surface area contributed by atoms with Crippen molar-refractivity contribution in [2.45, 2.75) is 38.9 Å². The third-order valence-corrected chi connectivity index (χ3v) is 6.03. The minimum Gasteiger partial charge on any atom is -0.496 e. The molecule has 0 saturated heterocycles. The third kappa shape index (κ3) is 5.24. The zero-order chi connectivity index (χ0) is 24.6. The number of carbonyl (C=O) groups is 2. The van der Waals surface area contributed by atoms with Crippen molar-refractivity contribution in [3.63, 3.8) is 0 Å². The first-order valence-electron chi connectivity index (χ1n) is 10.8. The fraction of sp³-hybridized carbons (Fsp3) is 0.500. The van der Waals surface area contributed by atoms with E-state index in [4.69, 9.17) is 4.74 Å². The van der Waals surface area contributed by atoms with Crippen molar-refractivity contribution in [2.24, 2.45) is 0 Å². The van der Waals surface area contributed by atoms with Crippen LogP contribution in [0, 0.1) is 6.92 Å². The minimum absolute atomic E-state index is 0.154. The van der Waals surface area contributed by atoms with Gasteiger partial charge in [0.1, 0.15) is 5.75 Å². The molecule has 0 N–H and O–H groups in total. The van der Waals surface area contributed by atoms with Crippen LogP contribution in [0.25, 0.3) is 0 Å². The Labute approximate surface area is 191 Å². The molecular formula is C24H30F3N3O3. The first kappa shape index (κ1) is 24.8. The second-order valence-corrected chi connectivity index (χ2v) is 9.15. The molecule has 0 fully saturated rings. The Morgan fingerprint density at radius 1 is 1.06 bits per heavy atom. The fourth-order valence-corrected chi connectivity index (χ4v) is 4.57. The molecule has 3 rings (SSSR count). The summed E-state index contributed by atoms with van der Waals surface area (Å²) in [6.07, 6.45) is -4.63. The number of nitrogens with zero attached hydrogens (tertiary/aromatic N) is 3. The number of Topliss-reactive ketones (excluding diaryl/α,β-unsaturated/α-hetero) is 1. The predicted molar refractivity (Wildman–Crippen MR) is 119 cm³/mol. The summed E-state index contributed by atoms with van der Waals surface area (Å²) in [5, 5.41) is 0. The van der Waals surface area contributed by atoms with Gasteiger partial charge in [-0.2, -0.15) is 13.2 Å². The van der Waals surface area contributed by atoms with Crippen LogP contribution in [0.1, 0.15) is 46.0 Å². The summed E-state index contributed by atoms with van der Waals surface area (Å²) >= 11 is 0. The molecule has 1 amide bonds. The van der Waals surface area contributed by atoms with Crippen molar-refractivity contribution in [2.75, 3.05) is 40.3 Å². The van der Waals surface area contributed by atoms with Gasteiger partial charge >= 0.3 is 6.18 Å². The first-order valence-corrected chi connectivity index (χ1v) is 10.8. The second kappa shape index (κ2) is 9.21. The number of halogens is 3. The standard InChI is InChI=1S/C24H30F3N3O3/c1-16-14-17(6-9-20(16)33-5)22(32)29-11-10-18-7-8-19(21(31)24(25,26)27)30(18)23(2,3)15-28(4)12-13-29/h6-9,14H,10-13,15H2,1-5H3. The highest BCUT2D eigenvalue weighted by atomic mass is 19.4. The second-order valence-electron chi connectivity index (χ2n) is 9.15. The van der Waals surface area contributed by atoms with Gasteiger partial charge in [-0.1, -0.05) is 0 Å². The number of carbonyl (C=O) groups excluding carboxylic acids is 2. The number of aryl methyl sites for hydroxylation is 1. The van der Waals surface area contributed by atoms with Crippen LogP contribution in [0.15, 0.2) is 30.3 Å². The van der Waals surface area contributed by atoms with Crippen LogP contribution in [0.3, 0.4) is 0 Å². The number of likely N-dealkylation sites (N-methyl/N-ethyl adjacent to an activating group) is 1. The molecule has 0 spiro atoms. The lowest BCUT2D eigenvalue weighted by Gasteiger charge is -2.37. The number of alkyl halides is 3. The number of fused-ring (bicyclic) bond motifs is 1. The molecule has 0 atom stereocenters. The SMILES string of the molecule is COc1ccc(C(=O)N2CCc3ccc(C(=O)C(F)(F)F)n3C(C)(C)CN(C)CC2)cc1C. The van der Waals surface area contributed by atoms with Gasteiger partial charge in [-0.3, -0.25) is 9.59 Å². The highest BCUT2D eigenvalue weighted by molar-refractivity contribution is 5.99. The molecule has 1 aliphatic heterocycles. The molecule has 0 radical (unpaired) electrons. The maximum absolute atomic E-state index is 13.3. The minimum atomic E-state index is -4.96.